The molecule has 0 atom stereocenters. The van der Waals surface area contributed by atoms with Gasteiger partial charge in [-0.15, -0.1) is 0 Å². The zero-order chi connectivity index (χ0) is 27.9. The van der Waals surface area contributed by atoms with Crippen LogP contribution in [-0.4, -0.2) is 48.5 Å². The summed E-state index contributed by atoms with van der Waals surface area (Å²) in [5.41, 5.74) is 4.97. The molecule has 4 aromatic rings. The molecule has 0 aliphatic carbocycles. The van der Waals surface area contributed by atoms with E-state index in [-0.39, 0.29) is 11.9 Å². The van der Waals surface area contributed by atoms with Gasteiger partial charge < -0.3 is 14.4 Å². The maximum absolute atomic E-state index is 13.6. The van der Waals surface area contributed by atoms with Crippen molar-refractivity contribution >= 4 is 17.5 Å². The van der Waals surface area contributed by atoms with Gasteiger partial charge in [-0.2, -0.15) is 0 Å². The van der Waals surface area contributed by atoms with Crippen molar-refractivity contribution in [2.75, 3.05) is 32.8 Å². The number of hydrogen-bond donors (Lipinski definition) is 0. The first-order valence-electron chi connectivity index (χ1n) is 13.8. The Balaban J connectivity index is 1.29. The highest BCUT2D eigenvalue weighted by Gasteiger charge is 2.28. The molecule has 1 aliphatic rings. The molecular weight excluding hydrogens is 520 g/mol. The van der Waals surface area contributed by atoms with Crippen molar-refractivity contribution in [2.45, 2.75) is 26.5 Å². The minimum Gasteiger partial charge on any atom is -0.493 e. The standard InChI is InChI=1S/C34H35ClN2O3/c1-3-39-32-17-14-28(23-29(32)24-40-30-15-16-31(35)25(2)22-30)34(38)37-20-18-36(19-21-37)33(26-10-6-4-7-11-26)27-12-8-5-9-13-27/h4-17,22-23,33H,3,18-21,24H2,1-2H3. The Labute approximate surface area is 241 Å². The number of piperazine rings is 1. The van der Waals surface area contributed by atoms with Crippen LogP contribution in [0.4, 0.5) is 0 Å². The fraction of sp³-hybridized carbons (Fsp3) is 0.265. The molecule has 0 bridgehead atoms. The van der Waals surface area contributed by atoms with Gasteiger partial charge in [0.05, 0.1) is 12.6 Å². The van der Waals surface area contributed by atoms with E-state index in [1.165, 1.54) is 11.1 Å². The number of amides is 1. The topological polar surface area (TPSA) is 42.0 Å². The molecule has 1 saturated heterocycles. The van der Waals surface area contributed by atoms with E-state index in [2.05, 4.69) is 65.6 Å². The van der Waals surface area contributed by atoms with Gasteiger partial charge in [-0.3, -0.25) is 9.69 Å². The molecule has 1 aliphatic heterocycles. The van der Waals surface area contributed by atoms with Crippen LogP contribution in [0.3, 0.4) is 0 Å². The van der Waals surface area contributed by atoms with Crippen molar-refractivity contribution in [3.63, 3.8) is 0 Å². The molecule has 0 saturated carbocycles. The smallest absolute Gasteiger partial charge is 0.253 e. The first-order chi connectivity index (χ1) is 19.5. The van der Waals surface area contributed by atoms with Crippen molar-refractivity contribution in [3.8, 4) is 11.5 Å². The van der Waals surface area contributed by atoms with E-state index in [9.17, 15) is 4.79 Å². The summed E-state index contributed by atoms with van der Waals surface area (Å²) in [6.07, 6.45) is 0. The predicted octanol–water partition coefficient (Wildman–Crippen LogP) is 7.17. The maximum atomic E-state index is 13.6. The lowest BCUT2D eigenvalue weighted by Gasteiger charge is -2.40. The van der Waals surface area contributed by atoms with Crippen molar-refractivity contribution in [3.05, 3.63) is 130 Å². The largest absolute Gasteiger partial charge is 0.493 e. The molecule has 0 aromatic heterocycles. The van der Waals surface area contributed by atoms with Gasteiger partial charge in [-0.1, -0.05) is 72.3 Å². The highest BCUT2D eigenvalue weighted by molar-refractivity contribution is 6.31. The number of hydrogen-bond acceptors (Lipinski definition) is 4. The second-order valence-electron chi connectivity index (χ2n) is 10.0. The Kier molecular flexibility index (Phi) is 9.04. The molecule has 5 nitrogen and oxygen atoms in total. The van der Waals surface area contributed by atoms with Gasteiger partial charge >= 0.3 is 0 Å². The number of benzene rings is 4. The van der Waals surface area contributed by atoms with E-state index in [0.29, 0.717) is 36.9 Å². The lowest BCUT2D eigenvalue weighted by molar-refractivity contribution is 0.0597. The molecular formula is C34H35ClN2O3. The summed E-state index contributed by atoms with van der Waals surface area (Å²) >= 11 is 6.16. The number of carbonyl (C=O) groups is 1. The lowest BCUT2D eigenvalue weighted by atomic mass is 9.96. The van der Waals surface area contributed by atoms with E-state index in [1.807, 2.05) is 55.1 Å². The minimum absolute atomic E-state index is 0.0299. The van der Waals surface area contributed by atoms with Crippen molar-refractivity contribution < 1.29 is 14.3 Å². The number of rotatable bonds is 9. The van der Waals surface area contributed by atoms with Crippen LogP contribution >= 0.6 is 11.6 Å². The normalized spacial score (nSPS) is 13.8. The second-order valence-corrected chi connectivity index (χ2v) is 10.4. The number of nitrogens with zero attached hydrogens (tertiary/aromatic N) is 2. The van der Waals surface area contributed by atoms with Crippen LogP contribution in [0.5, 0.6) is 11.5 Å². The number of ether oxygens (including phenoxy) is 2. The number of aryl methyl sites for hydroxylation is 1. The maximum Gasteiger partial charge on any atom is 0.253 e. The molecule has 4 aromatic carbocycles. The molecule has 0 spiro atoms. The van der Waals surface area contributed by atoms with E-state index in [4.69, 9.17) is 21.1 Å². The van der Waals surface area contributed by atoms with Crippen LogP contribution in [0, 0.1) is 6.92 Å². The molecule has 206 valence electrons. The van der Waals surface area contributed by atoms with Gasteiger partial charge in [0, 0.05) is 42.3 Å². The molecule has 1 amide bonds. The highest BCUT2D eigenvalue weighted by Crippen LogP contribution is 2.30. The molecule has 1 heterocycles. The molecule has 1 fully saturated rings. The highest BCUT2D eigenvalue weighted by atomic mass is 35.5. The summed E-state index contributed by atoms with van der Waals surface area (Å²) in [5, 5.41) is 0.703. The average Bonchev–Trinajstić information content (AvgIpc) is 3.00. The first-order valence-corrected chi connectivity index (χ1v) is 14.2. The first kappa shape index (κ1) is 27.8. The second kappa shape index (κ2) is 13.0. The van der Waals surface area contributed by atoms with E-state index >= 15 is 0 Å². The number of halogens is 1. The van der Waals surface area contributed by atoms with Crippen LogP contribution in [-0.2, 0) is 6.61 Å². The third kappa shape index (κ3) is 6.49. The Morgan fingerprint density at radius 2 is 1.48 bits per heavy atom. The lowest BCUT2D eigenvalue weighted by Crippen LogP contribution is -2.49. The fourth-order valence-corrected chi connectivity index (χ4v) is 5.36. The van der Waals surface area contributed by atoms with Crippen molar-refractivity contribution in [1.82, 2.24) is 9.80 Å². The van der Waals surface area contributed by atoms with Gasteiger partial charge in [-0.05, 0) is 66.9 Å². The quantitative estimate of drug-likeness (QED) is 0.220. The average molecular weight is 555 g/mol. The third-order valence-corrected chi connectivity index (χ3v) is 7.75. The summed E-state index contributed by atoms with van der Waals surface area (Å²) in [7, 11) is 0. The Morgan fingerprint density at radius 3 is 2.08 bits per heavy atom. The van der Waals surface area contributed by atoms with E-state index in [0.717, 1.165) is 35.7 Å². The summed E-state index contributed by atoms with van der Waals surface area (Å²) in [6, 6.07) is 32.6. The van der Waals surface area contributed by atoms with Crippen molar-refractivity contribution in [1.29, 1.82) is 0 Å². The molecule has 0 unspecified atom stereocenters. The minimum atomic E-state index is 0.0299. The number of carbonyl (C=O) groups excluding carboxylic acids is 1. The summed E-state index contributed by atoms with van der Waals surface area (Å²) in [4.78, 5) is 18.0. The predicted molar refractivity (Wildman–Crippen MR) is 160 cm³/mol. The zero-order valence-electron chi connectivity index (χ0n) is 23.1. The van der Waals surface area contributed by atoms with Crippen LogP contribution in [0.2, 0.25) is 5.02 Å². The Morgan fingerprint density at radius 1 is 0.825 bits per heavy atom. The fourth-order valence-electron chi connectivity index (χ4n) is 5.24. The third-order valence-electron chi connectivity index (χ3n) is 7.33. The van der Waals surface area contributed by atoms with Gasteiger partial charge in [0.15, 0.2) is 0 Å². The van der Waals surface area contributed by atoms with Gasteiger partial charge in [0.25, 0.3) is 5.91 Å². The summed E-state index contributed by atoms with van der Waals surface area (Å²) in [5.74, 6) is 1.48. The Hall–Kier alpha value is -3.80. The van der Waals surface area contributed by atoms with Crippen LogP contribution < -0.4 is 9.47 Å². The van der Waals surface area contributed by atoms with Crippen LogP contribution in [0.1, 0.15) is 45.6 Å². The van der Waals surface area contributed by atoms with Gasteiger partial charge in [0.1, 0.15) is 18.1 Å². The Bertz CT molecular complexity index is 1380. The SMILES string of the molecule is CCOc1ccc(C(=O)N2CCN(C(c3ccccc3)c3ccccc3)CC2)cc1COc1ccc(Cl)c(C)c1. The summed E-state index contributed by atoms with van der Waals surface area (Å²) < 4.78 is 11.9. The molecule has 6 heteroatoms. The van der Waals surface area contributed by atoms with E-state index in [1.54, 1.807) is 0 Å². The zero-order valence-corrected chi connectivity index (χ0v) is 23.8. The van der Waals surface area contributed by atoms with Crippen molar-refractivity contribution in [2.24, 2.45) is 0 Å². The summed E-state index contributed by atoms with van der Waals surface area (Å²) in [6.45, 7) is 7.64. The van der Waals surface area contributed by atoms with Crippen LogP contribution in [0.15, 0.2) is 97.1 Å². The molecule has 40 heavy (non-hydrogen) atoms. The molecule has 0 radical (unpaired) electrons. The molecule has 0 N–H and O–H groups in total. The van der Waals surface area contributed by atoms with Gasteiger partial charge in [-0.25, -0.2) is 0 Å². The van der Waals surface area contributed by atoms with E-state index < -0.39 is 0 Å². The molecule has 5 rings (SSSR count). The monoisotopic (exact) mass is 554 g/mol. The van der Waals surface area contributed by atoms with Crippen LogP contribution in [0.25, 0.3) is 0 Å². The van der Waals surface area contributed by atoms with Gasteiger partial charge in [0.2, 0.25) is 0 Å².